The van der Waals surface area contributed by atoms with Gasteiger partial charge in [0.25, 0.3) is 0 Å². The standard InChI is InChI=1S/C12H19ClN2O3/c1-12(2,3)18-11(17)14-10-7-5-15(6-8(7)10)9(16)4-13/h7-8,10H,4-6H2,1-3H3,(H,14,17)/t7-,8+,10?. The van der Waals surface area contributed by atoms with Crippen molar-refractivity contribution in [3.63, 3.8) is 0 Å². The number of alkyl halides is 1. The second-order valence-electron chi connectivity index (χ2n) is 5.93. The Morgan fingerprint density at radius 2 is 1.89 bits per heavy atom. The van der Waals surface area contributed by atoms with Crippen LogP contribution < -0.4 is 5.32 Å². The zero-order valence-electron chi connectivity index (χ0n) is 10.9. The van der Waals surface area contributed by atoms with Crippen molar-refractivity contribution < 1.29 is 14.3 Å². The molecule has 18 heavy (non-hydrogen) atoms. The van der Waals surface area contributed by atoms with Gasteiger partial charge in [0.2, 0.25) is 5.91 Å². The number of carbonyl (C=O) groups is 2. The van der Waals surface area contributed by atoms with Crippen LogP contribution in [0.15, 0.2) is 0 Å². The number of nitrogens with zero attached hydrogens (tertiary/aromatic N) is 1. The molecule has 0 bridgehead atoms. The van der Waals surface area contributed by atoms with E-state index >= 15 is 0 Å². The van der Waals surface area contributed by atoms with Gasteiger partial charge in [0.1, 0.15) is 11.5 Å². The van der Waals surface area contributed by atoms with Crippen molar-refractivity contribution >= 4 is 23.6 Å². The molecule has 6 heteroatoms. The Morgan fingerprint density at radius 1 is 1.33 bits per heavy atom. The predicted molar refractivity (Wildman–Crippen MR) is 67.4 cm³/mol. The number of hydrogen-bond donors (Lipinski definition) is 1. The van der Waals surface area contributed by atoms with Crippen molar-refractivity contribution in [2.45, 2.75) is 32.4 Å². The summed E-state index contributed by atoms with van der Waals surface area (Å²) < 4.78 is 5.20. The van der Waals surface area contributed by atoms with Gasteiger partial charge in [-0.3, -0.25) is 4.79 Å². The normalized spacial score (nSPS) is 29.8. The number of halogens is 1. The van der Waals surface area contributed by atoms with Crippen molar-refractivity contribution in [2.75, 3.05) is 19.0 Å². The molecule has 0 radical (unpaired) electrons. The lowest BCUT2D eigenvalue weighted by molar-refractivity contribution is -0.128. The minimum atomic E-state index is -0.477. The lowest BCUT2D eigenvalue weighted by atomic mass is 10.2. The summed E-state index contributed by atoms with van der Waals surface area (Å²) in [5.74, 6) is 0.734. The number of hydrogen-bond acceptors (Lipinski definition) is 3. The summed E-state index contributed by atoms with van der Waals surface area (Å²) in [5.41, 5.74) is -0.477. The zero-order chi connectivity index (χ0) is 13.5. The number of amides is 2. The van der Waals surface area contributed by atoms with Gasteiger partial charge in [-0.05, 0) is 20.8 Å². The van der Waals surface area contributed by atoms with Crippen molar-refractivity contribution in [3.05, 3.63) is 0 Å². The van der Waals surface area contributed by atoms with E-state index in [1.165, 1.54) is 0 Å². The smallest absolute Gasteiger partial charge is 0.407 e. The first kappa shape index (κ1) is 13.5. The van der Waals surface area contributed by atoms with Crippen LogP contribution in [0.2, 0.25) is 0 Å². The molecular formula is C12H19ClN2O3. The summed E-state index contributed by atoms with van der Waals surface area (Å²) >= 11 is 5.51. The van der Waals surface area contributed by atoms with E-state index in [1.54, 1.807) is 4.90 Å². The summed E-state index contributed by atoms with van der Waals surface area (Å²) in [5, 5.41) is 2.86. The molecule has 2 amide bonds. The first-order valence-electron chi connectivity index (χ1n) is 6.15. The van der Waals surface area contributed by atoms with Gasteiger partial charge in [0.15, 0.2) is 0 Å². The summed E-state index contributed by atoms with van der Waals surface area (Å²) in [6, 6.07) is 0.152. The molecular weight excluding hydrogens is 256 g/mol. The van der Waals surface area contributed by atoms with Gasteiger partial charge in [-0.15, -0.1) is 11.6 Å². The molecule has 0 spiro atoms. The van der Waals surface area contributed by atoms with Crippen molar-refractivity contribution in [1.82, 2.24) is 10.2 Å². The van der Waals surface area contributed by atoms with E-state index in [0.29, 0.717) is 24.9 Å². The molecule has 0 aromatic carbocycles. The number of carbonyl (C=O) groups excluding carboxylic acids is 2. The molecule has 0 aromatic rings. The summed E-state index contributed by atoms with van der Waals surface area (Å²) in [6.07, 6.45) is -0.378. The predicted octanol–water partition coefficient (Wildman–Crippen LogP) is 1.21. The molecule has 102 valence electrons. The number of nitrogens with one attached hydrogen (secondary N) is 1. The molecule has 1 saturated heterocycles. The number of rotatable bonds is 2. The van der Waals surface area contributed by atoms with Crippen LogP contribution in [0.5, 0.6) is 0 Å². The van der Waals surface area contributed by atoms with Crippen molar-refractivity contribution in [1.29, 1.82) is 0 Å². The summed E-state index contributed by atoms with van der Waals surface area (Å²) in [4.78, 5) is 24.7. The van der Waals surface area contributed by atoms with Crippen LogP contribution in [0.1, 0.15) is 20.8 Å². The second-order valence-corrected chi connectivity index (χ2v) is 6.20. The van der Waals surface area contributed by atoms with Gasteiger partial charge in [0.05, 0.1) is 0 Å². The van der Waals surface area contributed by atoms with E-state index in [2.05, 4.69) is 5.32 Å². The summed E-state index contributed by atoms with van der Waals surface area (Å²) in [6.45, 7) is 6.89. The van der Waals surface area contributed by atoms with Gasteiger partial charge in [-0.25, -0.2) is 4.79 Å². The van der Waals surface area contributed by atoms with Crippen LogP contribution in [-0.4, -0.2) is 47.5 Å². The molecule has 1 unspecified atom stereocenters. The van der Waals surface area contributed by atoms with Crippen molar-refractivity contribution in [2.24, 2.45) is 11.8 Å². The van der Waals surface area contributed by atoms with Crippen LogP contribution in [0.3, 0.4) is 0 Å². The fourth-order valence-electron chi connectivity index (χ4n) is 2.47. The van der Waals surface area contributed by atoms with Gasteiger partial charge in [0, 0.05) is 31.0 Å². The molecule has 1 saturated carbocycles. The van der Waals surface area contributed by atoms with Crippen LogP contribution in [0.25, 0.3) is 0 Å². The van der Waals surface area contributed by atoms with Gasteiger partial charge >= 0.3 is 6.09 Å². The highest BCUT2D eigenvalue weighted by Gasteiger charge is 2.57. The maximum Gasteiger partial charge on any atom is 0.407 e. The average Bonchev–Trinajstić information content (AvgIpc) is 2.73. The van der Waals surface area contributed by atoms with Crippen LogP contribution in [-0.2, 0) is 9.53 Å². The Morgan fingerprint density at radius 3 is 2.33 bits per heavy atom. The molecule has 3 atom stereocenters. The largest absolute Gasteiger partial charge is 0.444 e. The van der Waals surface area contributed by atoms with E-state index < -0.39 is 5.60 Å². The number of piperidine rings is 1. The van der Waals surface area contributed by atoms with Crippen LogP contribution >= 0.6 is 11.6 Å². The molecule has 2 aliphatic rings. The third kappa shape index (κ3) is 2.88. The highest BCUT2D eigenvalue weighted by molar-refractivity contribution is 6.27. The SMILES string of the molecule is CC(C)(C)OC(=O)NC1[C@H]2CN(C(=O)CCl)C[C@@H]12. The van der Waals surface area contributed by atoms with Crippen LogP contribution in [0.4, 0.5) is 4.79 Å². The molecule has 1 N–H and O–H groups in total. The highest BCUT2D eigenvalue weighted by Crippen LogP contribution is 2.45. The number of alkyl carbamates (subject to hydrolysis) is 1. The maximum atomic E-state index is 11.6. The second kappa shape index (κ2) is 4.61. The fourth-order valence-corrected chi connectivity index (χ4v) is 2.64. The molecule has 1 aliphatic heterocycles. The fraction of sp³-hybridized carbons (Fsp3) is 0.833. The molecule has 2 fully saturated rings. The first-order valence-corrected chi connectivity index (χ1v) is 6.68. The minimum Gasteiger partial charge on any atom is -0.444 e. The Labute approximate surface area is 112 Å². The van der Waals surface area contributed by atoms with E-state index in [1.807, 2.05) is 20.8 Å². The third-order valence-corrected chi connectivity index (χ3v) is 3.57. The quantitative estimate of drug-likeness (QED) is 0.770. The average molecular weight is 275 g/mol. The Balaban J connectivity index is 1.75. The number of likely N-dealkylation sites (tertiary alicyclic amines) is 1. The van der Waals surface area contributed by atoms with E-state index in [0.717, 1.165) is 0 Å². The molecule has 1 heterocycles. The van der Waals surface area contributed by atoms with Gasteiger partial charge < -0.3 is 15.0 Å². The maximum absolute atomic E-state index is 11.6. The number of ether oxygens (including phenoxy) is 1. The highest BCUT2D eigenvalue weighted by atomic mass is 35.5. The molecule has 0 aromatic heterocycles. The topological polar surface area (TPSA) is 58.6 Å². The monoisotopic (exact) mass is 274 g/mol. The Kier molecular flexibility index (Phi) is 3.45. The van der Waals surface area contributed by atoms with E-state index in [-0.39, 0.29) is 23.9 Å². The summed E-state index contributed by atoms with van der Waals surface area (Å²) in [7, 11) is 0. The third-order valence-electron chi connectivity index (χ3n) is 3.34. The van der Waals surface area contributed by atoms with Gasteiger partial charge in [-0.1, -0.05) is 0 Å². The number of fused-ring (bicyclic) bond motifs is 1. The molecule has 5 nitrogen and oxygen atoms in total. The Bertz CT molecular complexity index is 355. The van der Waals surface area contributed by atoms with E-state index in [9.17, 15) is 9.59 Å². The minimum absolute atomic E-state index is 0.0279. The van der Waals surface area contributed by atoms with Gasteiger partial charge in [-0.2, -0.15) is 0 Å². The molecule has 1 aliphatic carbocycles. The van der Waals surface area contributed by atoms with Crippen LogP contribution in [0, 0.1) is 11.8 Å². The first-order chi connectivity index (χ1) is 8.31. The lowest BCUT2D eigenvalue weighted by Crippen LogP contribution is -2.39. The Hall–Kier alpha value is -0.970. The molecule has 2 rings (SSSR count). The zero-order valence-corrected chi connectivity index (χ0v) is 11.7. The van der Waals surface area contributed by atoms with E-state index in [4.69, 9.17) is 16.3 Å². The lowest BCUT2D eigenvalue weighted by Gasteiger charge is -2.22. The van der Waals surface area contributed by atoms with Crippen molar-refractivity contribution in [3.8, 4) is 0 Å².